The van der Waals surface area contributed by atoms with Gasteiger partial charge in [0, 0.05) is 31.2 Å². The summed E-state index contributed by atoms with van der Waals surface area (Å²) in [7, 11) is 0. The Morgan fingerprint density at radius 3 is 2.42 bits per heavy atom. The number of nitrogens with one attached hydrogen (secondary N) is 1. The van der Waals surface area contributed by atoms with Crippen molar-refractivity contribution in [3.63, 3.8) is 0 Å². The van der Waals surface area contributed by atoms with Crippen LogP contribution >= 0.6 is 0 Å². The minimum Gasteiger partial charge on any atom is -0.311 e. The molecule has 0 aromatic heterocycles. The van der Waals surface area contributed by atoms with Crippen LogP contribution in [0.5, 0.6) is 0 Å². The van der Waals surface area contributed by atoms with Gasteiger partial charge < -0.3 is 5.32 Å². The Morgan fingerprint density at radius 1 is 1.16 bits per heavy atom. The fourth-order valence-corrected chi connectivity index (χ4v) is 4.40. The number of nitrogens with zero attached hydrogens (tertiary/aromatic N) is 1. The second-order valence-corrected chi connectivity index (χ2v) is 7.34. The molecule has 1 atom stereocenters. The molecule has 3 aliphatic rings. The van der Waals surface area contributed by atoms with Crippen LogP contribution in [0, 0.1) is 11.8 Å². The lowest BCUT2D eigenvalue weighted by Gasteiger charge is -2.49. The molecule has 2 heteroatoms. The molecular formula is C17H32N2. The van der Waals surface area contributed by atoms with Gasteiger partial charge in [0.2, 0.25) is 0 Å². The second kappa shape index (κ2) is 5.73. The standard InChI is InChI=1S/C17H32N2/c1-3-14(4-2)11-19-12-16(15-7-8-15)18-13-17(19)9-5-6-10-17/h14-16,18H,3-13H2,1-2H3. The Bertz CT molecular complexity index is 286. The van der Waals surface area contributed by atoms with Crippen LogP contribution in [0.25, 0.3) is 0 Å². The molecule has 3 fully saturated rings. The zero-order valence-corrected chi connectivity index (χ0v) is 13.0. The average molecular weight is 264 g/mol. The SMILES string of the molecule is CCC(CC)CN1CC(C2CC2)NCC12CCCC2. The van der Waals surface area contributed by atoms with E-state index in [9.17, 15) is 0 Å². The summed E-state index contributed by atoms with van der Waals surface area (Å²) >= 11 is 0. The van der Waals surface area contributed by atoms with Gasteiger partial charge in [-0.3, -0.25) is 4.90 Å². The largest absolute Gasteiger partial charge is 0.311 e. The quantitative estimate of drug-likeness (QED) is 0.818. The normalized spacial score (nSPS) is 31.4. The molecule has 0 bridgehead atoms. The predicted octanol–water partition coefficient (Wildman–Crippen LogP) is 3.42. The van der Waals surface area contributed by atoms with E-state index in [2.05, 4.69) is 24.1 Å². The van der Waals surface area contributed by atoms with E-state index in [4.69, 9.17) is 0 Å². The van der Waals surface area contributed by atoms with Crippen molar-refractivity contribution in [3.8, 4) is 0 Å². The van der Waals surface area contributed by atoms with Crippen molar-refractivity contribution in [1.29, 1.82) is 0 Å². The van der Waals surface area contributed by atoms with Crippen molar-refractivity contribution >= 4 is 0 Å². The molecule has 1 saturated heterocycles. The first-order valence-corrected chi connectivity index (χ1v) is 8.76. The highest BCUT2D eigenvalue weighted by molar-refractivity contribution is 5.04. The van der Waals surface area contributed by atoms with Crippen LogP contribution in [0.15, 0.2) is 0 Å². The van der Waals surface area contributed by atoms with Crippen LogP contribution in [0.3, 0.4) is 0 Å². The Kier molecular flexibility index (Phi) is 4.19. The number of piperazine rings is 1. The van der Waals surface area contributed by atoms with Crippen LogP contribution in [0.1, 0.15) is 65.2 Å². The summed E-state index contributed by atoms with van der Waals surface area (Å²) in [6.45, 7) is 8.71. The minimum absolute atomic E-state index is 0.536. The molecule has 110 valence electrons. The predicted molar refractivity (Wildman–Crippen MR) is 81.4 cm³/mol. The smallest absolute Gasteiger partial charge is 0.0334 e. The minimum atomic E-state index is 0.536. The monoisotopic (exact) mass is 264 g/mol. The molecule has 2 nitrogen and oxygen atoms in total. The van der Waals surface area contributed by atoms with Gasteiger partial charge in [0.15, 0.2) is 0 Å². The number of hydrogen-bond acceptors (Lipinski definition) is 2. The van der Waals surface area contributed by atoms with E-state index < -0.39 is 0 Å². The molecule has 3 rings (SSSR count). The van der Waals surface area contributed by atoms with Crippen LogP contribution in [0.2, 0.25) is 0 Å². The Hall–Kier alpha value is -0.0800. The first-order valence-electron chi connectivity index (χ1n) is 8.76. The van der Waals surface area contributed by atoms with Crippen molar-refractivity contribution in [1.82, 2.24) is 10.2 Å². The van der Waals surface area contributed by atoms with Crippen molar-refractivity contribution in [2.24, 2.45) is 11.8 Å². The van der Waals surface area contributed by atoms with Gasteiger partial charge in [-0.15, -0.1) is 0 Å². The van der Waals surface area contributed by atoms with E-state index in [1.165, 1.54) is 71.0 Å². The van der Waals surface area contributed by atoms with Gasteiger partial charge in [0.05, 0.1) is 0 Å². The fraction of sp³-hybridized carbons (Fsp3) is 1.00. The van der Waals surface area contributed by atoms with Crippen LogP contribution in [-0.4, -0.2) is 36.1 Å². The zero-order valence-electron chi connectivity index (χ0n) is 13.0. The summed E-state index contributed by atoms with van der Waals surface area (Å²) in [5, 5.41) is 3.91. The second-order valence-electron chi connectivity index (χ2n) is 7.34. The Morgan fingerprint density at radius 2 is 1.84 bits per heavy atom. The van der Waals surface area contributed by atoms with Crippen molar-refractivity contribution < 1.29 is 0 Å². The van der Waals surface area contributed by atoms with E-state index in [1.807, 2.05) is 0 Å². The summed E-state index contributed by atoms with van der Waals surface area (Å²) in [4.78, 5) is 2.93. The molecule has 1 aliphatic heterocycles. The highest BCUT2D eigenvalue weighted by Gasteiger charge is 2.46. The van der Waals surface area contributed by atoms with E-state index in [0.29, 0.717) is 5.54 Å². The molecule has 0 aromatic rings. The molecule has 2 aliphatic carbocycles. The van der Waals surface area contributed by atoms with Gasteiger partial charge in [0.1, 0.15) is 0 Å². The Labute approximate surface area is 119 Å². The molecule has 0 aromatic carbocycles. The summed E-state index contributed by atoms with van der Waals surface area (Å²) in [5.41, 5.74) is 0.536. The molecular weight excluding hydrogens is 232 g/mol. The molecule has 1 spiro atoms. The van der Waals surface area contributed by atoms with E-state index in [1.54, 1.807) is 0 Å². The van der Waals surface area contributed by atoms with Crippen molar-refractivity contribution in [2.75, 3.05) is 19.6 Å². The van der Waals surface area contributed by atoms with Crippen LogP contribution in [0.4, 0.5) is 0 Å². The van der Waals surface area contributed by atoms with Gasteiger partial charge in [0.25, 0.3) is 0 Å². The third-order valence-electron chi connectivity index (χ3n) is 6.14. The first kappa shape index (κ1) is 13.9. The van der Waals surface area contributed by atoms with Gasteiger partial charge in [-0.05, 0) is 37.5 Å². The summed E-state index contributed by atoms with van der Waals surface area (Å²) in [5.74, 6) is 1.92. The molecule has 1 N–H and O–H groups in total. The molecule has 1 unspecified atom stereocenters. The van der Waals surface area contributed by atoms with E-state index in [0.717, 1.165) is 17.9 Å². The summed E-state index contributed by atoms with van der Waals surface area (Å²) in [6.07, 6.45) is 11.4. The van der Waals surface area contributed by atoms with Gasteiger partial charge in [-0.25, -0.2) is 0 Å². The number of rotatable bonds is 5. The molecule has 1 heterocycles. The molecule has 2 saturated carbocycles. The molecule has 0 radical (unpaired) electrons. The molecule has 19 heavy (non-hydrogen) atoms. The van der Waals surface area contributed by atoms with Crippen molar-refractivity contribution in [2.45, 2.75) is 76.8 Å². The van der Waals surface area contributed by atoms with E-state index >= 15 is 0 Å². The Balaban J connectivity index is 1.68. The molecule has 0 amide bonds. The fourth-order valence-electron chi connectivity index (χ4n) is 4.40. The maximum Gasteiger partial charge on any atom is 0.0334 e. The third-order valence-corrected chi connectivity index (χ3v) is 6.14. The van der Waals surface area contributed by atoms with Gasteiger partial charge >= 0.3 is 0 Å². The maximum atomic E-state index is 3.91. The van der Waals surface area contributed by atoms with Crippen molar-refractivity contribution in [3.05, 3.63) is 0 Å². The third kappa shape index (κ3) is 2.85. The topological polar surface area (TPSA) is 15.3 Å². The van der Waals surface area contributed by atoms with Gasteiger partial charge in [-0.1, -0.05) is 39.5 Å². The average Bonchev–Trinajstić information content (AvgIpc) is 3.18. The van der Waals surface area contributed by atoms with Crippen LogP contribution in [-0.2, 0) is 0 Å². The van der Waals surface area contributed by atoms with E-state index in [-0.39, 0.29) is 0 Å². The summed E-state index contributed by atoms with van der Waals surface area (Å²) < 4.78 is 0. The zero-order chi connectivity index (χ0) is 13.3. The maximum absolute atomic E-state index is 3.91. The lowest BCUT2D eigenvalue weighted by atomic mass is 9.88. The highest BCUT2D eigenvalue weighted by atomic mass is 15.3. The number of hydrogen-bond donors (Lipinski definition) is 1. The first-order chi connectivity index (χ1) is 9.27. The lowest BCUT2D eigenvalue weighted by Crippen LogP contribution is -2.64. The summed E-state index contributed by atoms with van der Waals surface area (Å²) in [6, 6.07) is 0.806. The van der Waals surface area contributed by atoms with Gasteiger partial charge in [-0.2, -0.15) is 0 Å². The lowest BCUT2D eigenvalue weighted by molar-refractivity contribution is 0.0238. The van der Waals surface area contributed by atoms with Crippen LogP contribution < -0.4 is 5.32 Å². The highest BCUT2D eigenvalue weighted by Crippen LogP contribution is 2.41.